The van der Waals surface area contributed by atoms with Crippen molar-refractivity contribution in [2.45, 2.75) is 167 Å². The van der Waals surface area contributed by atoms with Gasteiger partial charge in [0.05, 0.1) is 32.3 Å². The van der Waals surface area contributed by atoms with E-state index in [1.165, 1.54) is 128 Å². The third-order valence-electron chi connectivity index (χ3n) is 13.7. The maximum atomic E-state index is 14.3. The van der Waals surface area contributed by atoms with Crippen LogP contribution < -0.4 is 26.6 Å². The zero-order valence-electron chi connectivity index (χ0n) is 45.6. The lowest BCUT2D eigenvalue weighted by molar-refractivity contribution is -0.142. The molecule has 2 aromatic rings. The number of hydrogen-bond donors (Lipinski definition) is 8. The van der Waals surface area contributed by atoms with Gasteiger partial charge in [0.2, 0.25) is 41.2 Å². The summed E-state index contributed by atoms with van der Waals surface area (Å²) in [6.07, 6.45) is 13.6. The summed E-state index contributed by atoms with van der Waals surface area (Å²) in [7, 11) is 2.74. The predicted molar refractivity (Wildman–Crippen MR) is 286 cm³/mol. The van der Waals surface area contributed by atoms with Crippen molar-refractivity contribution in [1.82, 2.24) is 36.4 Å². The van der Waals surface area contributed by atoms with E-state index in [4.69, 9.17) is 0 Å². The molecule has 5 atom stereocenters. The van der Waals surface area contributed by atoms with Gasteiger partial charge in [0.25, 0.3) is 5.91 Å². The first-order valence-corrected chi connectivity index (χ1v) is 26.9. The van der Waals surface area contributed by atoms with Crippen molar-refractivity contribution in [3.05, 3.63) is 47.5 Å². The summed E-state index contributed by atoms with van der Waals surface area (Å²) in [5, 5.41) is 44.0. The number of carbonyl (C=O) groups excluding carboxylic acids is 11. The second kappa shape index (κ2) is 33.2. The number of amides is 7. The van der Waals surface area contributed by atoms with Crippen molar-refractivity contribution in [3.63, 3.8) is 0 Å². The topological polar surface area (TPSA) is 315 Å². The largest absolute Gasteiger partial charge is 0.507 e. The van der Waals surface area contributed by atoms with Gasteiger partial charge in [-0.1, -0.05) is 103 Å². The number of phenols is 2. The van der Waals surface area contributed by atoms with Crippen molar-refractivity contribution >= 4 is 64.5 Å². The number of unbranched alkanes of at least 4 members (excludes halogenated alkanes) is 12. The Bertz CT molecular complexity index is 2410. The van der Waals surface area contributed by atoms with Crippen LogP contribution in [0.2, 0.25) is 0 Å². The lowest BCUT2D eigenvalue weighted by Gasteiger charge is -2.30. The highest BCUT2D eigenvalue weighted by atomic mass is 16.3. The summed E-state index contributed by atoms with van der Waals surface area (Å²) in [5.74, 6) is -9.84. The molecule has 8 N–H and O–H groups in total. The number of nitrogens with one attached hydrogen (secondary N) is 5. The van der Waals surface area contributed by atoms with Crippen molar-refractivity contribution < 1.29 is 68.1 Å². The van der Waals surface area contributed by atoms with Crippen molar-refractivity contribution in [1.29, 1.82) is 0 Å². The molecule has 0 saturated heterocycles. The fraction of sp³-hybridized carbons (Fsp3) is 0.589. The highest BCUT2D eigenvalue weighted by Crippen LogP contribution is 2.39. The molecule has 4 bridgehead atoms. The molecule has 0 radical (unpaired) electrons. The third-order valence-corrected chi connectivity index (χ3v) is 13.7. The predicted octanol–water partition coefficient (Wildman–Crippen LogP) is 3.56. The van der Waals surface area contributed by atoms with E-state index in [1.807, 2.05) is 0 Å². The Morgan fingerprint density at radius 2 is 1.29 bits per heavy atom. The SMILES string of the molecule is CCCCCCCCCCCCCCCC(=O)N(C)[C@H](CO)C(=O)N[C@H](C)C(=O)CCC(=O)N(C)[C@@H]1C(=O)C[C@@H](C)C(=O)N[C@H](C(=O)NCC(=O)C(=O)NCC(=O)NCC(C)=O)Cc2ccc(O)c(c2)-c2cc1ccc2O. The number of rotatable bonds is 31. The zero-order valence-corrected chi connectivity index (χ0v) is 45.6. The zero-order chi connectivity index (χ0) is 57.2. The molecule has 0 saturated carbocycles. The Hall–Kier alpha value is -7.03. The molecule has 3 rings (SSSR count). The second-order valence-electron chi connectivity index (χ2n) is 20.1. The minimum atomic E-state index is -1.42. The van der Waals surface area contributed by atoms with Crippen LogP contribution in [0.1, 0.15) is 154 Å². The number of hydrogen-bond acceptors (Lipinski definition) is 14. The number of carbonyl (C=O) groups is 11. The van der Waals surface area contributed by atoms with E-state index in [0.29, 0.717) is 12.0 Å². The first-order chi connectivity index (χ1) is 36.6. The Kier molecular flexibility index (Phi) is 27.7. The van der Waals surface area contributed by atoms with E-state index >= 15 is 0 Å². The normalized spacial score (nSPS) is 16.1. The lowest BCUT2D eigenvalue weighted by atomic mass is 9.89. The number of nitrogens with zero attached hydrogens (tertiary/aromatic N) is 2. The molecule has 7 amide bonds. The summed E-state index contributed by atoms with van der Waals surface area (Å²) < 4.78 is 0. The monoisotopic (exact) mass is 1080 g/mol. The Labute approximate surface area is 451 Å². The van der Waals surface area contributed by atoms with E-state index in [0.717, 1.165) is 30.6 Å². The van der Waals surface area contributed by atoms with E-state index in [2.05, 4.69) is 33.5 Å². The quantitative estimate of drug-likeness (QED) is 0.0396. The number of fused-ring (bicyclic) bond motifs is 5. The molecular weight excluding hydrogens is 995 g/mol. The molecule has 0 unspecified atom stereocenters. The Morgan fingerprint density at radius 3 is 1.88 bits per heavy atom. The van der Waals surface area contributed by atoms with Crippen LogP contribution in [0, 0.1) is 5.92 Å². The fourth-order valence-electron chi connectivity index (χ4n) is 8.85. The molecule has 2 aromatic carbocycles. The molecule has 21 nitrogen and oxygen atoms in total. The van der Waals surface area contributed by atoms with Gasteiger partial charge in [-0.25, -0.2) is 0 Å². The number of ketones is 4. The molecule has 0 aliphatic carbocycles. The molecule has 1 heterocycles. The summed E-state index contributed by atoms with van der Waals surface area (Å²) >= 11 is 0. The Balaban J connectivity index is 1.66. The second-order valence-corrected chi connectivity index (χ2v) is 20.1. The van der Waals surface area contributed by atoms with E-state index in [-0.39, 0.29) is 65.7 Å². The molecule has 0 spiro atoms. The van der Waals surface area contributed by atoms with Crippen molar-refractivity contribution in [3.8, 4) is 22.6 Å². The highest BCUT2D eigenvalue weighted by molar-refractivity contribution is 6.37. The van der Waals surface area contributed by atoms with Gasteiger partial charge in [0.1, 0.15) is 35.4 Å². The lowest BCUT2D eigenvalue weighted by Crippen LogP contribution is -2.53. The number of aliphatic hydroxyl groups is 1. The fourth-order valence-corrected chi connectivity index (χ4v) is 8.85. The van der Waals surface area contributed by atoms with Crippen LogP contribution in [0.25, 0.3) is 11.1 Å². The molecule has 0 aromatic heterocycles. The van der Waals surface area contributed by atoms with Gasteiger partial charge in [-0.3, -0.25) is 52.7 Å². The van der Waals surface area contributed by atoms with Crippen molar-refractivity contribution in [2.24, 2.45) is 5.92 Å². The minimum Gasteiger partial charge on any atom is -0.507 e. The first kappa shape index (κ1) is 64.3. The first-order valence-electron chi connectivity index (χ1n) is 26.9. The summed E-state index contributed by atoms with van der Waals surface area (Å²) in [6, 6.07) is 3.00. The van der Waals surface area contributed by atoms with Crippen LogP contribution in [0.3, 0.4) is 0 Å². The van der Waals surface area contributed by atoms with Gasteiger partial charge in [-0.05, 0) is 55.7 Å². The van der Waals surface area contributed by atoms with Crippen LogP contribution in [0.4, 0.5) is 0 Å². The standard InChI is InChI=1S/C56H81N7O14/c1-7-8-9-10-11-12-13-14-15-16-17-18-19-20-50(72)62(5)43(34-64)55(76)60-37(4)44(66)25-26-51(73)63(6)52-39-22-24-46(68)41(30-39)40-28-38(21-23-45(40)67)29-42(61-53(74)35(2)27-47(52)69)54(75)58-32-48(70)56(77)59-33-49(71)57-31-36(3)65/h21-24,28,30,35,37,42-43,52,64,67-68H,7-20,25-27,29,31-34H2,1-6H3,(H,57,71)(H,58,75)(H,59,77)(H,60,76)(H,61,74)/t35-,37-,42+,43-,52+/m1/s1. The summed E-state index contributed by atoms with van der Waals surface area (Å²) in [4.78, 5) is 145. The van der Waals surface area contributed by atoms with Crippen LogP contribution in [-0.2, 0) is 59.2 Å². The number of aromatic hydroxyl groups is 2. The Morgan fingerprint density at radius 1 is 0.701 bits per heavy atom. The van der Waals surface area contributed by atoms with Crippen LogP contribution >= 0.6 is 0 Å². The number of Topliss-reactive ketones (excluding diaryl/α,β-unsaturated/α-hetero) is 4. The van der Waals surface area contributed by atoms with Crippen LogP contribution in [0.15, 0.2) is 36.4 Å². The third kappa shape index (κ3) is 21.5. The smallest absolute Gasteiger partial charge is 0.289 e. The van der Waals surface area contributed by atoms with Gasteiger partial charge in [0, 0.05) is 63.2 Å². The number of benzene rings is 2. The summed E-state index contributed by atoms with van der Waals surface area (Å²) in [6.45, 7) is 3.85. The van der Waals surface area contributed by atoms with E-state index in [1.54, 1.807) is 0 Å². The van der Waals surface area contributed by atoms with Gasteiger partial charge in [0.15, 0.2) is 11.6 Å². The van der Waals surface area contributed by atoms with Crippen molar-refractivity contribution in [2.75, 3.05) is 40.3 Å². The molecule has 424 valence electrons. The van der Waals surface area contributed by atoms with Gasteiger partial charge < -0.3 is 51.7 Å². The molecule has 0 fully saturated rings. The molecule has 1 aliphatic heterocycles. The number of phenolic OH excluding ortho intramolecular Hbond substituents is 2. The van der Waals surface area contributed by atoms with Gasteiger partial charge in [-0.15, -0.1) is 0 Å². The van der Waals surface area contributed by atoms with Gasteiger partial charge >= 0.3 is 0 Å². The van der Waals surface area contributed by atoms with Crippen LogP contribution in [0.5, 0.6) is 11.5 Å². The average Bonchev–Trinajstić information content (AvgIpc) is 3.39. The minimum absolute atomic E-state index is 0.0371. The number of aliphatic hydroxyl groups excluding tert-OH is 1. The molecule has 1 aliphatic rings. The average molecular weight is 1080 g/mol. The highest BCUT2D eigenvalue weighted by Gasteiger charge is 2.35. The maximum Gasteiger partial charge on any atom is 0.289 e. The van der Waals surface area contributed by atoms with Crippen LogP contribution in [-0.4, -0.2) is 148 Å². The number of likely N-dealkylation sites (N-methyl/N-ethyl adjacent to an activating group) is 2. The molecule has 21 heteroatoms. The van der Waals surface area contributed by atoms with E-state index in [9.17, 15) is 68.1 Å². The molecule has 77 heavy (non-hydrogen) atoms. The maximum absolute atomic E-state index is 14.3. The van der Waals surface area contributed by atoms with Gasteiger partial charge in [-0.2, -0.15) is 0 Å². The van der Waals surface area contributed by atoms with E-state index < -0.39 is 115 Å². The summed E-state index contributed by atoms with van der Waals surface area (Å²) in [5.41, 5.74) is 0.629. The molecular formula is C56H81N7O14.